The van der Waals surface area contributed by atoms with Crippen LogP contribution in [0.2, 0.25) is 0 Å². The first-order chi connectivity index (χ1) is 16.1. The molecule has 0 saturated carbocycles. The van der Waals surface area contributed by atoms with E-state index in [1.54, 1.807) is 14.2 Å². The molecule has 0 aliphatic carbocycles. The molecule has 1 fully saturated rings. The van der Waals surface area contributed by atoms with Gasteiger partial charge in [0, 0.05) is 57.8 Å². The minimum Gasteiger partial charge on any atom is -0.497 e. The van der Waals surface area contributed by atoms with Crippen molar-refractivity contribution in [3.8, 4) is 17.2 Å². The van der Waals surface area contributed by atoms with Gasteiger partial charge in [-0.15, -0.1) is 0 Å². The largest absolute Gasteiger partial charge is 0.497 e. The molecular formula is C26H35N3O4. The molecule has 2 aromatic carbocycles. The topological polar surface area (TPSA) is 54.5 Å². The Balaban J connectivity index is 1.32. The van der Waals surface area contributed by atoms with Crippen LogP contribution in [-0.4, -0.2) is 75.3 Å². The van der Waals surface area contributed by atoms with Crippen molar-refractivity contribution in [2.75, 3.05) is 58.4 Å². The molecule has 4 rings (SSSR count). The maximum atomic E-state index is 13.0. The fraction of sp³-hybridized carbons (Fsp3) is 0.500. The zero-order valence-electron chi connectivity index (χ0n) is 20.0. The summed E-state index contributed by atoms with van der Waals surface area (Å²) in [6.45, 7) is 7.55. The van der Waals surface area contributed by atoms with Crippen molar-refractivity contribution in [1.29, 1.82) is 0 Å². The number of fused-ring (bicyclic) bond motifs is 1. The number of piperazine rings is 1. The van der Waals surface area contributed by atoms with Gasteiger partial charge in [0.15, 0.2) is 0 Å². The number of methoxy groups -OCH3 is 2. The number of nitrogens with zero attached hydrogens (tertiary/aromatic N) is 3. The van der Waals surface area contributed by atoms with Crippen molar-refractivity contribution in [3.63, 3.8) is 0 Å². The van der Waals surface area contributed by atoms with E-state index in [2.05, 4.69) is 22.8 Å². The van der Waals surface area contributed by atoms with Gasteiger partial charge in [0.05, 0.1) is 19.9 Å². The van der Waals surface area contributed by atoms with Crippen LogP contribution in [0.1, 0.15) is 25.3 Å². The number of rotatable bonds is 7. The number of carbonyl (C=O) groups excluding carboxylic acids is 1. The van der Waals surface area contributed by atoms with Crippen molar-refractivity contribution in [2.45, 2.75) is 32.4 Å². The number of para-hydroxylation sites is 2. The third-order valence-electron chi connectivity index (χ3n) is 6.57. The standard InChI is InChI=1S/C26H35N3O4/c1-4-21-19-27(18-20-17-22(31-2)9-10-24(20)33-21)12-11-26(30)29-15-13-28(14-16-29)23-7-5-6-8-25(23)32-3/h5-10,17,21H,4,11-16,18-19H2,1-3H3/t21-/m0/s1. The molecule has 0 N–H and O–H groups in total. The first-order valence-electron chi connectivity index (χ1n) is 11.8. The quantitative estimate of drug-likeness (QED) is 0.640. The Morgan fingerprint density at radius 3 is 2.58 bits per heavy atom. The highest BCUT2D eigenvalue weighted by Crippen LogP contribution is 2.30. The molecule has 0 bridgehead atoms. The highest BCUT2D eigenvalue weighted by Gasteiger charge is 2.26. The van der Waals surface area contributed by atoms with Crippen molar-refractivity contribution in [2.24, 2.45) is 0 Å². The number of benzene rings is 2. The van der Waals surface area contributed by atoms with E-state index in [4.69, 9.17) is 14.2 Å². The number of hydrogen-bond donors (Lipinski definition) is 0. The van der Waals surface area contributed by atoms with E-state index in [1.165, 1.54) is 0 Å². The Morgan fingerprint density at radius 2 is 1.85 bits per heavy atom. The molecule has 7 heteroatoms. The zero-order chi connectivity index (χ0) is 23.2. The highest BCUT2D eigenvalue weighted by molar-refractivity contribution is 5.76. The molecular weight excluding hydrogens is 418 g/mol. The third kappa shape index (κ3) is 5.53. The van der Waals surface area contributed by atoms with Crippen LogP contribution in [0, 0.1) is 0 Å². The van der Waals surface area contributed by atoms with Crippen LogP contribution in [0.25, 0.3) is 0 Å². The van der Waals surface area contributed by atoms with Crippen LogP contribution >= 0.6 is 0 Å². The monoisotopic (exact) mass is 453 g/mol. The van der Waals surface area contributed by atoms with Gasteiger partial charge in [-0.1, -0.05) is 19.1 Å². The Bertz CT molecular complexity index is 943. The van der Waals surface area contributed by atoms with Crippen LogP contribution in [0.4, 0.5) is 5.69 Å². The van der Waals surface area contributed by atoms with Crippen LogP contribution < -0.4 is 19.1 Å². The number of carbonyl (C=O) groups is 1. The van der Waals surface area contributed by atoms with E-state index in [1.807, 2.05) is 41.3 Å². The minimum absolute atomic E-state index is 0.124. The lowest BCUT2D eigenvalue weighted by molar-refractivity contribution is -0.131. The van der Waals surface area contributed by atoms with Crippen molar-refractivity contribution in [1.82, 2.24) is 9.80 Å². The van der Waals surface area contributed by atoms with Gasteiger partial charge in [-0.3, -0.25) is 9.69 Å². The lowest BCUT2D eigenvalue weighted by Crippen LogP contribution is -2.49. The molecule has 0 aromatic heterocycles. The number of amides is 1. The van der Waals surface area contributed by atoms with Crippen molar-refractivity contribution < 1.29 is 19.0 Å². The molecule has 33 heavy (non-hydrogen) atoms. The summed E-state index contributed by atoms with van der Waals surface area (Å²) in [5.41, 5.74) is 2.21. The fourth-order valence-corrected chi connectivity index (χ4v) is 4.61. The number of anilines is 1. The van der Waals surface area contributed by atoms with Gasteiger partial charge >= 0.3 is 0 Å². The first kappa shape index (κ1) is 23.2. The molecule has 1 amide bonds. The fourth-order valence-electron chi connectivity index (χ4n) is 4.61. The summed E-state index contributed by atoms with van der Waals surface area (Å²) in [5.74, 6) is 2.85. The Kier molecular flexibility index (Phi) is 7.60. The Morgan fingerprint density at radius 1 is 1.06 bits per heavy atom. The van der Waals surface area contributed by atoms with E-state index in [0.717, 1.165) is 80.7 Å². The third-order valence-corrected chi connectivity index (χ3v) is 6.57. The molecule has 2 aliphatic rings. The average Bonchev–Trinajstić information content (AvgIpc) is 3.05. The molecule has 0 spiro atoms. The van der Waals surface area contributed by atoms with Crippen molar-refractivity contribution >= 4 is 11.6 Å². The van der Waals surface area contributed by atoms with Gasteiger partial charge in [0.1, 0.15) is 23.4 Å². The average molecular weight is 454 g/mol. The molecule has 7 nitrogen and oxygen atoms in total. The first-order valence-corrected chi connectivity index (χ1v) is 11.8. The maximum Gasteiger partial charge on any atom is 0.223 e. The van der Waals surface area contributed by atoms with E-state index in [0.29, 0.717) is 6.42 Å². The second-order valence-corrected chi connectivity index (χ2v) is 8.65. The highest BCUT2D eigenvalue weighted by atomic mass is 16.5. The Hall–Kier alpha value is -2.93. The molecule has 2 aromatic rings. The van der Waals surface area contributed by atoms with Crippen LogP contribution in [-0.2, 0) is 11.3 Å². The summed E-state index contributed by atoms with van der Waals surface area (Å²) in [5, 5.41) is 0. The molecule has 2 aliphatic heterocycles. The SMILES string of the molecule is CC[C@H]1CN(CCC(=O)N2CCN(c3ccccc3OC)CC2)Cc2cc(OC)ccc2O1. The predicted octanol–water partition coefficient (Wildman–Crippen LogP) is 3.42. The van der Waals surface area contributed by atoms with Crippen LogP contribution in [0.3, 0.4) is 0 Å². The summed E-state index contributed by atoms with van der Waals surface area (Å²) >= 11 is 0. The minimum atomic E-state index is 0.124. The summed E-state index contributed by atoms with van der Waals surface area (Å²) in [6, 6.07) is 14.0. The van der Waals surface area contributed by atoms with Gasteiger partial charge in [0.2, 0.25) is 5.91 Å². The number of hydrogen-bond acceptors (Lipinski definition) is 6. The summed E-state index contributed by atoms with van der Waals surface area (Å²) in [4.78, 5) is 19.6. The van der Waals surface area contributed by atoms with Crippen LogP contribution in [0.5, 0.6) is 17.2 Å². The second kappa shape index (κ2) is 10.8. The van der Waals surface area contributed by atoms with Gasteiger partial charge in [-0.05, 0) is 36.8 Å². The molecule has 1 saturated heterocycles. The molecule has 2 heterocycles. The maximum absolute atomic E-state index is 13.0. The predicted molar refractivity (Wildman–Crippen MR) is 129 cm³/mol. The molecule has 178 valence electrons. The molecule has 0 radical (unpaired) electrons. The van der Waals surface area contributed by atoms with Gasteiger partial charge < -0.3 is 24.0 Å². The van der Waals surface area contributed by atoms with E-state index in [-0.39, 0.29) is 12.0 Å². The zero-order valence-corrected chi connectivity index (χ0v) is 20.0. The van der Waals surface area contributed by atoms with E-state index < -0.39 is 0 Å². The van der Waals surface area contributed by atoms with Gasteiger partial charge in [0.25, 0.3) is 0 Å². The molecule has 0 unspecified atom stereocenters. The van der Waals surface area contributed by atoms with E-state index in [9.17, 15) is 4.79 Å². The summed E-state index contributed by atoms with van der Waals surface area (Å²) in [6.07, 6.45) is 1.57. The second-order valence-electron chi connectivity index (χ2n) is 8.65. The summed E-state index contributed by atoms with van der Waals surface area (Å²) < 4.78 is 17.1. The molecule has 1 atom stereocenters. The van der Waals surface area contributed by atoms with Crippen molar-refractivity contribution in [3.05, 3.63) is 48.0 Å². The van der Waals surface area contributed by atoms with E-state index >= 15 is 0 Å². The van der Waals surface area contributed by atoms with Gasteiger partial charge in [-0.25, -0.2) is 0 Å². The lowest BCUT2D eigenvalue weighted by Gasteiger charge is -2.37. The van der Waals surface area contributed by atoms with Gasteiger partial charge in [-0.2, -0.15) is 0 Å². The number of ether oxygens (including phenoxy) is 3. The Labute approximate surface area is 196 Å². The summed E-state index contributed by atoms with van der Waals surface area (Å²) in [7, 11) is 3.38. The normalized spacial score (nSPS) is 18.8. The van der Waals surface area contributed by atoms with Crippen LogP contribution in [0.15, 0.2) is 42.5 Å². The smallest absolute Gasteiger partial charge is 0.223 e. The lowest BCUT2D eigenvalue weighted by atomic mass is 10.1.